The van der Waals surface area contributed by atoms with E-state index in [1.54, 1.807) is 6.26 Å². The molecule has 1 aromatic heterocycles. The normalized spacial score (nSPS) is 11.3. The van der Waals surface area contributed by atoms with E-state index in [1.165, 1.54) is 0 Å². The third-order valence-corrected chi connectivity index (χ3v) is 3.32. The second-order valence-electron chi connectivity index (χ2n) is 4.50. The minimum atomic E-state index is 0.510. The first-order valence-electron chi connectivity index (χ1n) is 7.21. The molecule has 0 radical (unpaired) electrons. The predicted molar refractivity (Wildman–Crippen MR) is 91.2 cm³/mol. The minimum Gasteiger partial charge on any atom is -0.492 e. The number of ether oxygens (including phenoxy) is 1. The lowest BCUT2D eigenvalue weighted by molar-refractivity contribution is 0.322. The van der Waals surface area contributed by atoms with Crippen LogP contribution in [-0.2, 0) is 6.54 Å². The zero-order valence-corrected chi connectivity index (χ0v) is 14.1. The minimum absolute atomic E-state index is 0.510. The second kappa shape index (κ2) is 9.15. The van der Waals surface area contributed by atoms with Crippen molar-refractivity contribution in [2.24, 2.45) is 4.99 Å². The van der Waals surface area contributed by atoms with Crippen LogP contribution in [0.3, 0.4) is 0 Å². The van der Waals surface area contributed by atoms with Crippen molar-refractivity contribution in [1.29, 1.82) is 0 Å². The predicted octanol–water partition coefficient (Wildman–Crippen LogP) is 3.18. The molecule has 0 saturated carbocycles. The highest BCUT2D eigenvalue weighted by Gasteiger charge is 1.99. The molecule has 0 atom stereocenters. The second-order valence-corrected chi connectivity index (χ2v) is 5.42. The molecule has 2 rings (SSSR count). The van der Waals surface area contributed by atoms with Crippen LogP contribution < -0.4 is 15.4 Å². The number of hydrogen-bond acceptors (Lipinski definition) is 3. The van der Waals surface area contributed by atoms with E-state index in [1.807, 2.05) is 43.3 Å². The van der Waals surface area contributed by atoms with Crippen LogP contribution in [0.5, 0.6) is 5.75 Å². The van der Waals surface area contributed by atoms with Gasteiger partial charge in [-0.2, -0.15) is 0 Å². The molecule has 0 amide bonds. The number of furan rings is 1. The average molecular weight is 366 g/mol. The average Bonchev–Trinajstić information content (AvgIpc) is 3.04. The Balaban J connectivity index is 1.74. The van der Waals surface area contributed by atoms with E-state index in [4.69, 9.17) is 9.15 Å². The maximum atomic E-state index is 5.66. The Labute approximate surface area is 138 Å². The van der Waals surface area contributed by atoms with E-state index in [2.05, 4.69) is 31.6 Å². The molecule has 1 heterocycles. The van der Waals surface area contributed by atoms with E-state index < -0.39 is 0 Å². The molecule has 2 aromatic rings. The summed E-state index contributed by atoms with van der Waals surface area (Å²) in [5, 5.41) is 6.41. The van der Waals surface area contributed by atoms with Crippen molar-refractivity contribution in [3.63, 3.8) is 0 Å². The molecular weight excluding hydrogens is 346 g/mol. The monoisotopic (exact) mass is 365 g/mol. The molecule has 0 unspecified atom stereocenters. The van der Waals surface area contributed by atoms with Gasteiger partial charge in [0, 0.05) is 11.0 Å². The summed E-state index contributed by atoms with van der Waals surface area (Å²) in [7, 11) is 0. The fourth-order valence-corrected chi connectivity index (χ4v) is 2.03. The smallest absolute Gasteiger partial charge is 0.191 e. The molecule has 6 heteroatoms. The molecule has 0 fully saturated rings. The van der Waals surface area contributed by atoms with Crippen molar-refractivity contribution in [2.75, 3.05) is 19.7 Å². The lowest BCUT2D eigenvalue weighted by atomic mass is 10.3. The topological polar surface area (TPSA) is 58.8 Å². The molecule has 0 aliphatic heterocycles. The third kappa shape index (κ3) is 5.81. The van der Waals surface area contributed by atoms with Gasteiger partial charge in [-0.25, -0.2) is 4.99 Å². The fourth-order valence-electron chi connectivity index (χ4n) is 1.77. The van der Waals surface area contributed by atoms with Gasteiger partial charge in [0.25, 0.3) is 0 Å². The molecular formula is C16H20BrN3O2. The molecule has 0 aliphatic carbocycles. The Kier molecular flexibility index (Phi) is 6.83. The van der Waals surface area contributed by atoms with Crippen LogP contribution in [0.1, 0.15) is 12.7 Å². The van der Waals surface area contributed by atoms with Gasteiger partial charge in [-0.3, -0.25) is 0 Å². The number of halogens is 1. The van der Waals surface area contributed by atoms with Crippen LogP contribution in [0.25, 0.3) is 0 Å². The summed E-state index contributed by atoms with van der Waals surface area (Å²) in [4.78, 5) is 4.45. The third-order valence-electron chi connectivity index (χ3n) is 2.79. The Hall–Kier alpha value is -1.95. The molecule has 0 aliphatic rings. The van der Waals surface area contributed by atoms with Crippen LogP contribution in [-0.4, -0.2) is 25.7 Å². The lowest BCUT2D eigenvalue weighted by Crippen LogP contribution is -2.39. The summed E-state index contributed by atoms with van der Waals surface area (Å²) in [6, 6.07) is 11.5. The molecule has 118 valence electrons. The van der Waals surface area contributed by atoms with Gasteiger partial charge < -0.3 is 19.8 Å². The number of rotatable bonds is 7. The molecule has 0 spiro atoms. The Bertz CT molecular complexity index is 568. The maximum Gasteiger partial charge on any atom is 0.191 e. The van der Waals surface area contributed by atoms with Crippen molar-refractivity contribution < 1.29 is 9.15 Å². The number of nitrogens with one attached hydrogen (secondary N) is 2. The zero-order chi connectivity index (χ0) is 15.6. The Morgan fingerprint density at radius 2 is 2.05 bits per heavy atom. The fraction of sp³-hybridized carbons (Fsp3) is 0.312. The van der Waals surface area contributed by atoms with Crippen molar-refractivity contribution in [3.05, 3.63) is 52.9 Å². The standard InChI is InChI=1S/C16H20BrN3O2/c1-2-18-16(20-12-15-4-3-10-21-15)19-9-11-22-14-7-5-13(17)6-8-14/h3-8,10H,2,9,11-12H2,1H3,(H2,18,19,20). The summed E-state index contributed by atoms with van der Waals surface area (Å²) in [5.41, 5.74) is 0. The van der Waals surface area contributed by atoms with Crippen molar-refractivity contribution >= 4 is 21.9 Å². The summed E-state index contributed by atoms with van der Waals surface area (Å²) in [6.07, 6.45) is 1.65. The van der Waals surface area contributed by atoms with Gasteiger partial charge in [0.1, 0.15) is 24.7 Å². The quantitative estimate of drug-likeness (QED) is 0.449. The zero-order valence-electron chi connectivity index (χ0n) is 12.5. The number of benzene rings is 1. The highest BCUT2D eigenvalue weighted by atomic mass is 79.9. The van der Waals surface area contributed by atoms with Gasteiger partial charge in [0.15, 0.2) is 5.96 Å². The molecule has 0 bridgehead atoms. The van der Waals surface area contributed by atoms with Gasteiger partial charge in [-0.1, -0.05) is 15.9 Å². The van der Waals surface area contributed by atoms with Crippen LogP contribution in [0.2, 0.25) is 0 Å². The first-order chi connectivity index (χ1) is 10.8. The number of aliphatic imine (C=N–C) groups is 1. The first-order valence-corrected chi connectivity index (χ1v) is 8.00. The van der Waals surface area contributed by atoms with E-state index in [0.29, 0.717) is 19.7 Å². The van der Waals surface area contributed by atoms with Gasteiger partial charge in [0.05, 0.1) is 12.8 Å². The van der Waals surface area contributed by atoms with Crippen LogP contribution in [0.4, 0.5) is 0 Å². The summed E-state index contributed by atoms with van der Waals surface area (Å²) in [6.45, 7) is 4.57. The number of nitrogens with zero attached hydrogens (tertiary/aromatic N) is 1. The van der Waals surface area contributed by atoms with Crippen LogP contribution in [0.15, 0.2) is 56.5 Å². The summed E-state index contributed by atoms with van der Waals surface area (Å²) in [5.74, 6) is 2.43. The highest BCUT2D eigenvalue weighted by Crippen LogP contribution is 2.15. The van der Waals surface area contributed by atoms with E-state index in [9.17, 15) is 0 Å². The van der Waals surface area contributed by atoms with E-state index >= 15 is 0 Å². The molecule has 2 N–H and O–H groups in total. The van der Waals surface area contributed by atoms with Gasteiger partial charge in [-0.05, 0) is 43.3 Å². The summed E-state index contributed by atoms with van der Waals surface area (Å²) < 4.78 is 12.0. The van der Waals surface area contributed by atoms with Crippen LogP contribution >= 0.6 is 15.9 Å². The largest absolute Gasteiger partial charge is 0.492 e. The van der Waals surface area contributed by atoms with Crippen molar-refractivity contribution in [1.82, 2.24) is 10.6 Å². The van der Waals surface area contributed by atoms with Gasteiger partial charge in [0.2, 0.25) is 0 Å². The first kappa shape index (κ1) is 16.4. The number of hydrogen-bond donors (Lipinski definition) is 2. The van der Waals surface area contributed by atoms with Crippen molar-refractivity contribution in [3.8, 4) is 5.75 Å². The lowest BCUT2D eigenvalue weighted by Gasteiger charge is -2.11. The van der Waals surface area contributed by atoms with Crippen molar-refractivity contribution in [2.45, 2.75) is 13.5 Å². The molecule has 5 nitrogen and oxygen atoms in total. The molecule has 1 aromatic carbocycles. The SMILES string of the molecule is CCNC(=NCc1ccco1)NCCOc1ccc(Br)cc1. The van der Waals surface area contributed by atoms with E-state index in [0.717, 1.165) is 28.5 Å². The van der Waals surface area contributed by atoms with Gasteiger partial charge >= 0.3 is 0 Å². The maximum absolute atomic E-state index is 5.66. The highest BCUT2D eigenvalue weighted by molar-refractivity contribution is 9.10. The molecule has 22 heavy (non-hydrogen) atoms. The summed E-state index contributed by atoms with van der Waals surface area (Å²) >= 11 is 3.40. The molecule has 0 saturated heterocycles. The van der Waals surface area contributed by atoms with Gasteiger partial charge in [-0.15, -0.1) is 0 Å². The van der Waals surface area contributed by atoms with Crippen LogP contribution in [0, 0.1) is 0 Å². The van der Waals surface area contributed by atoms with E-state index in [-0.39, 0.29) is 0 Å². The Morgan fingerprint density at radius 1 is 1.23 bits per heavy atom. The number of guanidine groups is 1. The Morgan fingerprint density at radius 3 is 2.73 bits per heavy atom.